The number of para-hydroxylation sites is 1. The fourth-order valence-electron chi connectivity index (χ4n) is 6.81. The summed E-state index contributed by atoms with van der Waals surface area (Å²) in [5, 5.41) is 6.63. The third-order valence-corrected chi connectivity index (χ3v) is 8.75. The molecule has 2 aromatic carbocycles. The number of amides is 3. The van der Waals surface area contributed by atoms with Crippen LogP contribution in [-0.2, 0) is 11.3 Å². The van der Waals surface area contributed by atoms with Crippen molar-refractivity contribution in [2.24, 2.45) is 17.8 Å². The number of carbonyl (C=O) groups excluding carboxylic acids is 2. The topological polar surface area (TPSA) is 83.6 Å². The van der Waals surface area contributed by atoms with Crippen LogP contribution < -0.4 is 10.6 Å². The van der Waals surface area contributed by atoms with Gasteiger partial charge in [-0.3, -0.25) is 4.79 Å². The molecule has 8 nitrogen and oxygen atoms in total. The minimum Gasteiger partial charge on any atom is -0.378 e. The van der Waals surface area contributed by atoms with E-state index < -0.39 is 0 Å². The summed E-state index contributed by atoms with van der Waals surface area (Å²) >= 11 is 0. The average molecular weight is 538 g/mol. The molecule has 3 aromatic rings. The molecule has 3 amide bonds. The SMILES string of the molecule is O=C([N+]#CC1CCCC[C@@H]1C(=O)N1CC[C@@H]2[C@H](c3ccccc3)Nc3ccccc3[C@@H]21)NCCCn1ccnc1. The second kappa shape index (κ2) is 12.0. The number of carbonyl (C=O) groups is 2. The number of hydrogen-bond acceptors (Lipinski definition) is 4. The van der Waals surface area contributed by atoms with Crippen LogP contribution in [0.2, 0.25) is 0 Å². The molecule has 1 saturated carbocycles. The van der Waals surface area contributed by atoms with E-state index in [-0.39, 0.29) is 35.9 Å². The number of nitrogens with one attached hydrogen (secondary N) is 2. The van der Waals surface area contributed by atoms with E-state index in [0.29, 0.717) is 12.5 Å². The summed E-state index contributed by atoms with van der Waals surface area (Å²) in [6.07, 6.45) is 10.8. The van der Waals surface area contributed by atoms with Crippen LogP contribution >= 0.6 is 0 Å². The number of benzene rings is 2. The first-order valence-electron chi connectivity index (χ1n) is 14.6. The van der Waals surface area contributed by atoms with E-state index in [1.165, 1.54) is 11.1 Å². The number of likely N-dealkylation sites (tertiary alicyclic amines) is 1. The molecule has 1 aliphatic carbocycles. The van der Waals surface area contributed by atoms with Crippen LogP contribution in [0.5, 0.6) is 0 Å². The van der Waals surface area contributed by atoms with E-state index >= 15 is 0 Å². The van der Waals surface area contributed by atoms with Crippen LogP contribution in [0.25, 0.3) is 4.85 Å². The van der Waals surface area contributed by atoms with E-state index in [2.05, 4.69) is 80.0 Å². The molecule has 206 valence electrons. The van der Waals surface area contributed by atoms with Gasteiger partial charge in [-0.05, 0) is 36.5 Å². The van der Waals surface area contributed by atoms with Gasteiger partial charge in [-0.15, -0.1) is 4.85 Å². The number of imidazole rings is 1. The van der Waals surface area contributed by atoms with Gasteiger partial charge in [-0.25, -0.2) is 10.3 Å². The molecule has 0 radical (unpaired) electrons. The predicted molar refractivity (Wildman–Crippen MR) is 155 cm³/mol. The normalized spacial score (nSPS) is 25.1. The zero-order chi connectivity index (χ0) is 27.3. The lowest BCUT2D eigenvalue weighted by molar-refractivity contribution is -0.139. The Balaban J connectivity index is 1.16. The van der Waals surface area contributed by atoms with Crippen LogP contribution in [0.1, 0.15) is 61.7 Å². The number of aromatic nitrogens is 2. The van der Waals surface area contributed by atoms with Crippen molar-refractivity contribution in [3.63, 3.8) is 0 Å². The Morgan fingerprint density at radius 2 is 1.88 bits per heavy atom. The quantitative estimate of drug-likeness (QED) is 0.385. The molecule has 40 heavy (non-hydrogen) atoms. The van der Waals surface area contributed by atoms with Gasteiger partial charge >= 0.3 is 6.03 Å². The highest BCUT2D eigenvalue weighted by molar-refractivity contribution is 5.85. The number of hydrogen-bond donors (Lipinski definition) is 2. The summed E-state index contributed by atoms with van der Waals surface area (Å²) in [4.78, 5) is 36.9. The molecule has 2 fully saturated rings. The van der Waals surface area contributed by atoms with Crippen LogP contribution in [0.3, 0.4) is 0 Å². The minimum absolute atomic E-state index is 0.0356. The lowest BCUT2D eigenvalue weighted by Crippen LogP contribution is -2.42. The van der Waals surface area contributed by atoms with E-state index in [1.54, 1.807) is 12.5 Å². The van der Waals surface area contributed by atoms with Crippen molar-refractivity contribution in [1.82, 2.24) is 19.8 Å². The number of nitrogens with zero attached hydrogens (tertiary/aromatic N) is 4. The van der Waals surface area contributed by atoms with Crippen molar-refractivity contribution in [1.29, 1.82) is 0 Å². The van der Waals surface area contributed by atoms with Crippen LogP contribution in [-0.4, -0.2) is 39.5 Å². The molecule has 2 aliphatic heterocycles. The Bertz CT molecular complexity index is 1380. The number of fused-ring (bicyclic) bond motifs is 3. The van der Waals surface area contributed by atoms with Crippen molar-refractivity contribution in [3.8, 4) is 6.07 Å². The Labute approximate surface area is 235 Å². The highest BCUT2D eigenvalue weighted by Crippen LogP contribution is 2.52. The second-order valence-electron chi connectivity index (χ2n) is 11.2. The molecule has 1 aromatic heterocycles. The molecule has 0 bridgehead atoms. The first-order chi connectivity index (χ1) is 19.7. The minimum atomic E-state index is -0.387. The van der Waals surface area contributed by atoms with Gasteiger partial charge in [-0.1, -0.05) is 61.4 Å². The Hall–Kier alpha value is -4.12. The number of aryl methyl sites for hydroxylation is 1. The summed E-state index contributed by atoms with van der Waals surface area (Å²) in [5.74, 6) is 0.152. The molecule has 3 heterocycles. The average Bonchev–Trinajstić information content (AvgIpc) is 3.69. The molecule has 8 heteroatoms. The number of anilines is 1. The molecule has 3 aliphatic rings. The van der Waals surface area contributed by atoms with Crippen molar-refractivity contribution >= 4 is 17.6 Å². The largest absolute Gasteiger partial charge is 0.597 e. The van der Waals surface area contributed by atoms with E-state index in [1.807, 2.05) is 16.8 Å². The van der Waals surface area contributed by atoms with E-state index in [9.17, 15) is 9.59 Å². The van der Waals surface area contributed by atoms with Crippen LogP contribution in [0, 0.1) is 23.8 Å². The number of urea groups is 1. The molecule has 1 saturated heterocycles. The smallest absolute Gasteiger partial charge is 0.378 e. The third-order valence-electron chi connectivity index (χ3n) is 8.75. The molecule has 0 spiro atoms. The summed E-state index contributed by atoms with van der Waals surface area (Å²) in [6.45, 7) is 2.06. The van der Waals surface area contributed by atoms with Gasteiger partial charge in [0.2, 0.25) is 5.91 Å². The highest BCUT2D eigenvalue weighted by Gasteiger charge is 2.48. The summed E-state index contributed by atoms with van der Waals surface area (Å²) in [5.41, 5.74) is 3.56. The monoisotopic (exact) mass is 537 g/mol. The van der Waals surface area contributed by atoms with Crippen LogP contribution in [0.4, 0.5) is 10.5 Å². The Kier molecular flexibility index (Phi) is 7.80. The fourth-order valence-corrected chi connectivity index (χ4v) is 6.81. The molecular formula is C32H37N6O2+. The molecule has 2 N–H and O–H groups in total. The van der Waals surface area contributed by atoms with Crippen molar-refractivity contribution in [2.75, 3.05) is 18.4 Å². The summed E-state index contributed by atoms with van der Waals surface area (Å²) < 4.78 is 1.98. The maximum absolute atomic E-state index is 14.2. The predicted octanol–water partition coefficient (Wildman–Crippen LogP) is 5.88. The van der Waals surface area contributed by atoms with Gasteiger partial charge in [-0.2, -0.15) is 4.79 Å². The zero-order valence-electron chi connectivity index (χ0n) is 22.8. The zero-order valence-corrected chi connectivity index (χ0v) is 22.8. The number of rotatable bonds is 6. The Morgan fingerprint density at radius 1 is 1.05 bits per heavy atom. The van der Waals surface area contributed by atoms with Crippen LogP contribution in [0.15, 0.2) is 73.3 Å². The lowest BCUT2D eigenvalue weighted by atomic mass is 9.77. The summed E-state index contributed by atoms with van der Waals surface area (Å²) in [6, 6.07) is 21.9. The summed E-state index contributed by atoms with van der Waals surface area (Å²) in [7, 11) is 0. The van der Waals surface area contributed by atoms with Crippen molar-refractivity contribution in [3.05, 3.63) is 89.3 Å². The van der Waals surface area contributed by atoms with Gasteiger partial charge in [0.1, 0.15) is 0 Å². The fraction of sp³-hybridized carbons (Fsp3) is 0.438. The van der Waals surface area contributed by atoms with Gasteiger partial charge < -0.3 is 14.8 Å². The third kappa shape index (κ3) is 5.46. The maximum Gasteiger partial charge on any atom is 0.597 e. The highest BCUT2D eigenvalue weighted by atomic mass is 16.2. The second-order valence-corrected chi connectivity index (χ2v) is 11.2. The molecule has 5 atom stereocenters. The van der Waals surface area contributed by atoms with E-state index in [0.717, 1.165) is 57.3 Å². The van der Waals surface area contributed by atoms with Gasteiger partial charge in [0.25, 0.3) is 0 Å². The Morgan fingerprint density at radius 3 is 2.73 bits per heavy atom. The molecule has 1 unspecified atom stereocenters. The van der Waals surface area contributed by atoms with Gasteiger partial charge in [0, 0.05) is 43.5 Å². The van der Waals surface area contributed by atoms with Crippen molar-refractivity contribution in [2.45, 2.75) is 57.2 Å². The first kappa shape index (κ1) is 26.1. The van der Waals surface area contributed by atoms with Crippen molar-refractivity contribution < 1.29 is 9.59 Å². The first-order valence-corrected chi connectivity index (χ1v) is 14.6. The molecule has 6 rings (SSSR count). The lowest BCUT2D eigenvalue weighted by Gasteiger charge is -2.41. The molecular weight excluding hydrogens is 500 g/mol. The maximum atomic E-state index is 14.2. The van der Waals surface area contributed by atoms with Gasteiger partial charge in [0.05, 0.1) is 36.8 Å². The van der Waals surface area contributed by atoms with E-state index in [4.69, 9.17) is 0 Å². The standard InChI is InChI=1S/C32H36N6O2/c39-31(25-12-5-4-11-24(25)21-35-32(40)34-16-8-18-37-20-17-33-22-37)38-19-15-27-29(23-9-2-1-3-10-23)36-28-14-7-6-13-26(28)30(27)38/h1-3,6-7,9-10,13-14,17,20,22,24-25,27,29-30,36H,4-5,8,11-12,15-16,18-19H2/p+1/t24?,25-,27+,29-,30-/m0/s1. The van der Waals surface area contributed by atoms with Gasteiger partial charge in [0.15, 0.2) is 6.07 Å².